The molecule has 2 heterocycles. The number of aryl methyl sites for hydroxylation is 1. The first-order valence-electron chi connectivity index (χ1n) is 11.9. The second kappa shape index (κ2) is 11.9. The van der Waals surface area contributed by atoms with E-state index in [0.29, 0.717) is 12.3 Å². The van der Waals surface area contributed by atoms with Crippen LogP contribution in [-0.4, -0.2) is 45.3 Å². The van der Waals surface area contributed by atoms with Crippen LogP contribution >= 0.6 is 0 Å². The van der Waals surface area contributed by atoms with E-state index < -0.39 is 47.9 Å². The summed E-state index contributed by atoms with van der Waals surface area (Å²) in [4.78, 5) is 29.8. The van der Waals surface area contributed by atoms with Crippen LogP contribution in [0, 0.1) is 24.2 Å². The van der Waals surface area contributed by atoms with Crippen molar-refractivity contribution in [3.63, 3.8) is 0 Å². The van der Waals surface area contributed by atoms with Gasteiger partial charge in [-0.25, -0.2) is 9.37 Å². The van der Waals surface area contributed by atoms with Crippen LogP contribution in [-0.2, 0) is 14.3 Å². The van der Waals surface area contributed by atoms with Crippen molar-refractivity contribution in [2.45, 2.75) is 92.0 Å². The highest BCUT2D eigenvalue weighted by atomic mass is 19.1. The number of rotatable bonds is 2. The Balaban J connectivity index is 2.33. The Bertz CT molecular complexity index is 918. The number of hydrogen-bond donors (Lipinski definition) is 2. The molecule has 0 fully saturated rings. The molecular formula is C26H38FNO6. The Morgan fingerprint density at radius 3 is 2.53 bits per heavy atom. The number of ketones is 1. The first-order valence-corrected chi connectivity index (χ1v) is 11.9. The number of ether oxygens (including phenoxy) is 1. The van der Waals surface area contributed by atoms with Crippen LogP contribution in [0.5, 0.6) is 0 Å². The zero-order valence-corrected chi connectivity index (χ0v) is 21.0. The van der Waals surface area contributed by atoms with Gasteiger partial charge in [0.15, 0.2) is 12.0 Å². The molecule has 0 saturated carbocycles. The predicted molar refractivity (Wildman–Crippen MR) is 126 cm³/mol. The van der Waals surface area contributed by atoms with Gasteiger partial charge in [-0.1, -0.05) is 39.3 Å². The molecule has 0 spiro atoms. The number of cyclic esters (lactones) is 1. The van der Waals surface area contributed by atoms with E-state index in [1.165, 1.54) is 6.26 Å². The molecule has 0 saturated heterocycles. The fourth-order valence-electron chi connectivity index (χ4n) is 4.20. The fourth-order valence-corrected chi connectivity index (χ4v) is 4.20. The molecule has 2 rings (SSSR count). The molecule has 1 aromatic rings. The molecule has 5 atom stereocenters. The summed E-state index contributed by atoms with van der Waals surface area (Å²) in [6.45, 7) is 10.2. The third-order valence-corrected chi connectivity index (χ3v) is 6.75. The van der Waals surface area contributed by atoms with Crippen molar-refractivity contribution < 1.29 is 33.3 Å². The number of halogens is 1. The molecule has 190 valence electrons. The monoisotopic (exact) mass is 479 g/mol. The average Bonchev–Trinajstić information content (AvgIpc) is 3.18. The number of carbonyl (C=O) groups excluding carboxylic acids is 2. The van der Waals surface area contributed by atoms with Gasteiger partial charge in [-0.3, -0.25) is 9.59 Å². The molecule has 0 unspecified atom stereocenters. The minimum absolute atomic E-state index is 0.114. The van der Waals surface area contributed by atoms with Crippen LogP contribution < -0.4 is 0 Å². The smallest absolute Gasteiger partial charge is 0.309 e. The number of carbonyl (C=O) groups is 2. The van der Waals surface area contributed by atoms with Gasteiger partial charge in [-0.15, -0.1) is 0 Å². The maximum Gasteiger partial charge on any atom is 0.309 e. The highest BCUT2D eigenvalue weighted by Gasteiger charge is 2.42. The van der Waals surface area contributed by atoms with Crippen LogP contribution in [0.2, 0.25) is 0 Å². The third-order valence-electron chi connectivity index (χ3n) is 6.75. The van der Waals surface area contributed by atoms with Crippen molar-refractivity contribution >= 4 is 17.8 Å². The van der Waals surface area contributed by atoms with E-state index in [1.807, 2.05) is 19.9 Å². The lowest BCUT2D eigenvalue weighted by atomic mass is 9.73. The highest BCUT2D eigenvalue weighted by Crippen LogP contribution is 2.32. The van der Waals surface area contributed by atoms with E-state index >= 15 is 4.39 Å². The molecule has 8 heteroatoms. The fraction of sp³-hybridized carbons (Fsp3) is 0.654. The summed E-state index contributed by atoms with van der Waals surface area (Å²) >= 11 is 0. The van der Waals surface area contributed by atoms with Crippen molar-refractivity contribution in [2.24, 2.45) is 17.3 Å². The Hall–Kier alpha value is -2.32. The molecule has 1 aliphatic heterocycles. The number of oxazole rings is 1. The van der Waals surface area contributed by atoms with Crippen molar-refractivity contribution in [1.82, 2.24) is 4.98 Å². The Labute approximate surface area is 201 Å². The van der Waals surface area contributed by atoms with Gasteiger partial charge in [0.05, 0.1) is 24.0 Å². The molecular weight excluding hydrogens is 441 g/mol. The third kappa shape index (κ3) is 7.34. The second-order valence-electron chi connectivity index (χ2n) is 10.0. The minimum Gasteiger partial charge on any atom is -0.455 e. The summed E-state index contributed by atoms with van der Waals surface area (Å²) in [6.07, 6.45) is 2.76. The number of allylic oxidation sites excluding steroid dienone is 1. The Morgan fingerprint density at radius 2 is 1.91 bits per heavy atom. The van der Waals surface area contributed by atoms with Gasteiger partial charge >= 0.3 is 5.97 Å². The molecule has 0 amide bonds. The molecule has 34 heavy (non-hydrogen) atoms. The summed E-state index contributed by atoms with van der Waals surface area (Å²) in [6, 6.07) is 0. The van der Waals surface area contributed by atoms with Crippen LogP contribution in [0.1, 0.15) is 78.3 Å². The Morgan fingerprint density at radius 1 is 1.24 bits per heavy atom. The first-order chi connectivity index (χ1) is 15.8. The molecule has 1 aliphatic rings. The van der Waals surface area contributed by atoms with Crippen LogP contribution in [0.25, 0.3) is 6.08 Å². The van der Waals surface area contributed by atoms with Gasteiger partial charge in [0.2, 0.25) is 0 Å². The van der Waals surface area contributed by atoms with Gasteiger partial charge in [-0.05, 0) is 32.1 Å². The second-order valence-corrected chi connectivity index (χ2v) is 10.0. The van der Waals surface area contributed by atoms with Crippen molar-refractivity contribution in [1.29, 1.82) is 0 Å². The molecule has 0 aromatic carbocycles. The van der Waals surface area contributed by atoms with E-state index in [4.69, 9.17) is 9.15 Å². The summed E-state index contributed by atoms with van der Waals surface area (Å²) in [5, 5.41) is 21.4. The number of hydrogen-bond acceptors (Lipinski definition) is 7. The number of Topliss-reactive ketones (excluding diaryl/α,β-unsaturated/α-hetero) is 1. The SMILES string of the molecule is C/C1=C/C[C@@H](/C(F)=C/c2coc(C)n2)OC(=O)C[C@H](O)C(C)(C)C(=O)[C@H](C)[C@@H](O)[C@@H](C)CCC1. The van der Waals surface area contributed by atoms with E-state index in [2.05, 4.69) is 4.98 Å². The zero-order valence-electron chi connectivity index (χ0n) is 21.0. The summed E-state index contributed by atoms with van der Waals surface area (Å²) in [5.74, 6) is -2.29. The van der Waals surface area contributed by atoms with E-state index in [-0.39, 0.29) is 23.8 Å². The summed E-state index contributed by atoms with van der Waals surface area (Å²) < 4.78 is 25.6. The van der Waals surface area contributed by atoms with Crippen molar-refractivity contribution in [3.05, 3.63) is 35.3 Å². The molecule has 0 bridgehead atoms. The first kappa shape index (κ1) is 27.9. The normalized spacial score (nSPS) is 32.1. The quantitative estimate of drug-likeness (QED) is 0.467. The minimum atomic E-state index is -1.35. The highest BCUT2D eigenvalue weighted by molar-refractivity contribution is 5.88. The number of nitrogens with zero attached hydrogens (tertiary/aromatic N) is 1. The van der Waals surface area contributed by atoms with Crippen LogP contribution in [0.4, 0.5) is 4.39 Å². The lowest BCUT2D eigenvalue weighted by molar-refractivity contribution is -0.154. The summed E-state index contributed by atoms with van der Waals surface area (Å²) in [5.41, 5.74) is -0.0214. The van der Waals surface area contributed by atoms with Gasteiger partial charge in [0, 0.05) is 25.3 Å². The van der Waals surface area contributed by atoms with Gasteiger partial charge in [-0.2, -0.15) is 0 Å². The molecule has 0 aliphatic carbocycles. The summed E-state index contributed by atoms with van der Waals surface area (Å²) in [7, 11) is 0. The lowest BCUT2D eigenvalue weighted by Crippen LogP contribution is -2.45. The van der Waals surface area contributed by atoms with Crippen LogP contribution in [0.15, 0.2) is 28.2 Å². The topological polar surface area (TPSA) is 110 Å². The van der Waals surface area contributed by atoms with Crippen molar-refractivity contribution in [2.75, 3.05) is 0 Å². The zero-order chi connectivity index (χ0) is 25.6. The van der Waals surface area contributed by atoms with Crippen LogP contribution in [0.3, 0.4) is 0 Å². The van der Waals surface area contributed by atoms with E-state index in [1.54, 1.807) is 27.7 Å². The largest absolute Gasteiger partial charge is 0.455 e. The average molecular weight is 480 g/mol. The maximum absolute atomic E-state index is 15.1. The van der Waals surface area contributed by atoms with E-state index in [9.17, 15) is 19.8 Å². The van der Waals surface area contributed by atoms with E-state index in [0.717, 1.165) is 24.5 Å². The number of aromatic nitrogens is 1. The molecule has 0 radical (unpaired) electrons. The standard InChI is InChI=1S/C26H38FNO6/c1-15-8-7-9-16(2)24(31)17(3)25(32)26(5,6)22(29)13-23(30)34-21(11-10-15)20(27)12-19-14-33-18(4)28-19/h10,12,14,16-17,21-22,24,29,31H,7-9,11,13H2,1-6H3/b15-10-,20-12-/t16-,17+,21-,22-,24-/m0/s1. The maximum atomic E-state index is 15.1. The Kier molecular flexibility index (Phi) is 9.76. The number of aliphatic hydroxyl groups excluding tert-OH is 2. The molecule has 1 aromatic heterocycles. The predicted octanol–water partition coefficient (Wildman–Crippen LogP) is 4.70. The van der Waals surface area contributed by atoms with Gasteiger partial charge in [0.25, 0.3) is 0 Å². The lowest BCUT2D eigenvalue weighted by Gasteiger charge is -2.34. The van der Waals surface area contributed by atoms with Gasteiger partial charge in [0.1, 0.15) is 23.6 Å². The van der Waals surface area contributed by atoms with Gasteiger partial charge < -0.3 is 19.4 Å². The molecule has 2 N–H and O–H groups in total. The number of esters is 1. The molecule has 7 nitrogen and oxygen atoms in total. The van der Waals surface area contributed by atoms with Crippen molar-refractivity contribution in [3.8, 4) is 0 Å². The number of aliphatic hydroxyl groups is 2.